The standard InChI is InChI=1S/C19H23FN4O.HI/c1-21-18(25)15-8-5-6-14(12-15)10-11-23-19(22-2)24-13-16-7-3-4-9-17(16)20;/h3-9,12H,10-11,13H2,1-2H3,(H,21,25)(H2,22,23,24);1H. The molecule has 1 amide bonds. The summed E-state index contributed by atoms with van der Waals surface area (Å²) in [4.78, 5) is 15.8. The van der Waals surface area contributed by atoms with Gasteiger partial charge in [-0.1, -0.05) is 30.3 Å². The van der Waals surface area contributed by atoms with E-state index < -0.39 is 0 Å². The lowest BCUT2D eigenvalue weighted by Gasteiger charge is -2.12. The third kappa shape index (κ3) is 6.62. The number of amides is 1. The minimum Gasteiger partial charge on any atom is -0.356 e. The number of hydrogen-bond donors (Lipinski definition) is 3. The van der Waals surface area contributed by atoms with Gasteiger partial charge in [0.05, 0.1) is 0 Å². The molecule has 0 heterocycles. The normalized spacial score (nSPS) is 10.7. The first-order chi connectivity index (χ1) is 12.1. The van der Waals surface area contributed by atoms with Gasteiger partial charge in [0, 0.05) is 38.3 Å². The Morgan fingerprint density at radius 3 is 2.58 bits per heavy atom. The van der Waals surface area contributed by atoms with Crippen LogP contribution in [0.15, 0.2) is 53.5 Å². The SMILES string of the molecule is CN=C(NCCc1cccc(C(=O)NC)c1)NCc1ccccc1F.I. The minimum absolute atomic E-state index is 0. The van der Waals surface area contributed by atoms with E-state index >= 15 is 0 Å². The number of guanidine groups is 1. The molecule has 2 aromatic carbocycles. The fourth-order valence-corrected chi connectivity index (χ4v) is 2.38. The van der Waals surface area contributed by atoms with Gasteiger partial charge in [0.25, 0.3) is 5.91 Å². The van der Waals surface area contributed by atoms with Crippen molar-refractivity contribution in [2.45, 2.75) is 13.0 Å². The monoisotopic (exact) mass is 470 g/mol. The van der Waals surface area contributed by atoms with Crippen LogP contribution >= 0.6 is 24.0 Å². The van der Waals surface area contributed by atoms with Gasteiger partial charge >= 0.3 is 0 Å². The zero-order chi connectivity index (χ0) is 18.1. The first kappa shape index (κ1) is 21.9. The predicted molar refractivity (Wildman–Crippen MR) is 114 cm³/mol. The Kier molecular flexibility index (Phi) is 9.64. The summed E-state index contributed by atoms with van der Waals surface area (Å²) < 4.78 is 13.6. The molecule has 0 aliphatic rings. The van der Waals surface area contributed by atoms with Gasteiger partial charge in [-0.3, -0.25) is 9.79 Å². The minimum atomic E-state index is -0.239. The van der Waals surface area contributed by atoms with E-state index in [2.05, 4.69) is 20.9 Å². The summed E-state index contributed by atoms with van der Waals surface area (Å²) in [6.07, 6.45) is 0.741. The van der Waals surface area contributed by atoms with Crippen LogP contribution in [0.2, 0.25) is 0 Å². The number of aliphatic imine (C=N–C) groups is 1. The van der Waals surface area contributed by atoms with E-state index in [9.17, 15) is 9.18 Å². The average molecular weight is 470 g/mol. The van der Waals surface area contributed by atoms with Crippen LogP contribution in [0.1, 0.15) is 21.5 Å². The lowest BCUT2D eigenvalue weighted by molar-refractivity contribution is 0.0963. The van der Waals surface area contributed by atoms with E-state index in [0.29, 0.717) is 30.2 Å². The van der Waals surface area contributed by atoms with Gasteiger partial charge in [0.2, 0.25) is 0 Å². The molecule has 0 spiro atoms. The molecule has 5 nitrogen and oxygen atoms in total. The van der Waals surface area contributed by atoms with Crippen LogP contribution < -0.4 is 16.0 Å². The number of benzene rings is 2. The predicted octanol–water partition coefficient (Wildman–Crippen LogP) is 2.71. The van der Waals surface area contributed by atoms with Crippen molar-refractivity contribution in [3.05, 3.63) is 71.0 Å². The van der Waals surface area contributed by atoms with Crippen LogP contribution in [0.25, 0.3) is 0 Å². The van der Waals surface area contributed by atoms with Crippen LogP contribution in [0.3, 0.4) is 0 Å². The summed E-state index contributed by atoms with van der Waals surface area (Å²) in [6.45, 7) is 1.01. The lowest BCUT2D eigenvalue weighted by Crippen LogP contribution is -2.38. The molecule has 0 aliphatic carbocycles. The maximum absolute atomic E-state index is 13.6. The van der Waals surface area contributed by atoms with Gasteiger partial charge < -0.3 is 16.0 Å². The maximum atomic E-state index is 13.6. The molecule has 0 radical (unpaired) electrons. The molecule has 0 fully saturated rings. The molecule has 0 aromatic heterocycles. The van der Waals surface area contributed by atoms with Crippen LogP contribution in [0.4, 0.5) is 4.39 Å². The quantitative estimate of drug-likeness (QED) is 0.346. The Morgan fingerprint density at radius 1 is 1.12 bits per heavy atom. The first-order valence-corrected chi connectivity index (χ1v) is 8.13. The van der Waals surface area contributed by atoms with Crippen molar-refractivity contribution in [2.75, 3.05) is 20.6 Å². The summed E-state index contributed by atoms with van der Waals surface area (Å²) in [5.74, 6) is 0.263. The van der Waals surface area contributed by atoms with Gasteiger partial charge in [-0.2, -0.15) is 0 Å². The zero-order valence-electron chi connectivity index (χ0n) is 14.9. The summed E-state index contributed by atoms with van der Waals surface area (Å²) >= 11 is 0. The van der Waals surface area contributed by atoms with E-state index in [1.807, 2.05) is 18.2 Å². The third-order valence-corrected chi connectivity index (χ3v) is 3.75. The van der Waals surface area contributed by atoms with E-state index in [0.717, 1.165) is 12.0 Å². The molecular formula is C19H24FIN4O. The zero-order valence-corrected chi connectivity index (χ0v) is 17.2. The first-order valence-electron chi connectivity index (χ1n) is 8.13. The van der Waals surface area contributed by atoms with Gasteiger partial charge in [-0.25, -0.2) is 4.39 Å². The molecule has 0 saturated heterocycles. The third-order valence-electron chi connectivity index (χ3n) is 3.75. The van der Waals surface area contributed by atoms with Crippen molar-refractivity contribution in [2.24, 2.45) is 4.99 Å². The Balaban J connectivity index is 0.00000338. The Bertz CT molecular complexity index is 752. The summed E-state index contributed by atoms with van der Waals surface area (Å²) in [7, 11) is 3.28. The van der Waals surface area contributed by atoms with Crippen molar-refractivity contribution < 1.29 is 9.18 Å². The molecule has 0 saturated carbocycles. The molecule has 0 atom stereocenters. The van der Waals surface area contributed by atoms with Crippen molar-refractivity contribution >= 4 is 35.8 Å². The molecule has 140 valence electrons. The average Bonchev–Trinajstić information content (AvgIpc) is 2.65. The van der Waals surface area contributed by atoms with Crippen molar-refractivity contribution in [1.82, 2.24) is 16.0 Å². The highest BCUT2D eigenvalue weighted by atomic mass is 127. The highest BCUT2D eigenvalue weighted by Crippen LogP contribution is 2.06. The molecule has 26 heavy (non-hydrogen) atoms. The second kappa shape index (κ2) is 11.5. The van der Waals surface area contributed by atoms with Crippen molar-refractivity contribution in [1.29, 1.82) is 0 Å². The van der Waals surface area contributed by atoms with Gasteiger partial charge in [0.1, 0.15) is 5.82 Å². The molecule has 0 unspecified atom stereocenters. The second-order valence-electron chi connectivity index (χ2n) is 5.47. The van der Waals surface area contributed by atoms with Crippen LogP contribution in [0, 0.1) is 5.82 Å². The van der Waals surface area contributed by atoms with Gasteiger partial charge in [-0.05, 0) is 30.2 Å². The summed E-state index contributed by atoms with van der Waals surface area (Å²) in [5.41, 5.74) is 2.28. The smallest absolute Gasteiger partial charge is 0.251 e. The number of nitrogens with zero attached hydrogens (tertiary/aromatic N) is 1. The highest BCUT2D eigenvalue weighted by molar-refractivity contribution is 14.0. The Hall–Kier alpha value is -2.16. The van der Waals surface area contributed by atoms with Gasteiger partial charge in [-0.15, -0.1) is 24.0 Å². The fraction of sp³-hybridized carbons (Fsp3) is 0.263. The molecule has 2 rings (SSSR count). The number of rotatable bonds is 6. The molecule has 7 heteroatoms. The lowest BCUT2D eigenvalue weighted by atomic mass is 10.1. The van der Waals surface area contributed by atoms with E-state index in [4.69, 9.17) is 0 Å². The fourth-order valence-electron chi connectivity index (χ4n) is 2.38. The highest BCUT2D eigenvalue weighted by Gasteiger charge is 2.05. The molecule has 0 bridgehead atoms. The van der Waals surface area contributed by atoms with Gasteiger partial charge in [0.15, 0.2) is 5.96 Å². The van der Waals surface area contributed by atoms with Crippen LogP contribution in [-0.2, 0) is 13.0 Å². The Labute approximate surface area is 170 Å². The molecule has 0 aliphatic heterocycles. The number of carbonyl (C=O) groups is 1. The molecule has 3 N–H and O–H groups in total. The maximum Gasteiger partial charge on any atom is 0.251 e. The van der Waals surface area contributed by atoms with Crippen molar-refractivity contribution in [3.63, 3.8) is 0 Å². The largest absolute Gasteiger partial charge is 0.356 e. The summed E-state index contributed by atoms with van der Waals surface area (Å²) in [5, 5.41) is 8.89. The number of nitrogens with one attached hydrogen (secondary N) is 3. The molecule has 2 aromatic rings. The number of carbonyl (C=O) groups excluding carboxylic acids is 1. The van der Waals surface area contributed by atoms with Crippen LogP contribution in [0.5, 0.6) is 0 Å². The topological polar surface area (TPSA) is 65.5 Å². The van der Waals surface area contributed by atoms with Crippen LogP contribution in [-0.4, -0.2) is 32.5 Å². The number of hydrogen-bond acceptors (Lipinski definition) is 2. The van der Waals surface area contributed by atoms with E-state index in [1.54, 1.807) is 38.4 Å². The van der Waals surface area contributed by atoms with E-state index in [1.165, 1.54) is 6.07 Å². The molecular weight excluding hydrogens is 446 g/mol. The second-order valence-corrected chi connectivity index (χ2v) is 5.47. The number of halogens is 2. The van der Waals surface area contributed by atoms with E-state index in [-0.39, 0.29) is 35.7 Å². The summed E-state index contributed by atoms with van der Waals surface area (Å²) in [6, 6.07) is 14.1. The van der Waals surface area contributed by atoms with Crippen molar-refractivity contribution in [3.8, 4) is 0 Å². The Morgan fingerprint density at radius 2 is 1.88 bits per heavy atom.